The fraction of sp³-hybridized carbons (Fsp3) is 0.211. The van der Waals surface area contributed by atoms with Crippen molar-refractivity contribution in [3.05, 3.63) is 47.1 Å². The van der Waals surface area contributed by atoms with Crippen LogP contribution in [-0.4, -0.2) is 21.0 Å². The number of hydrogen-bond acceptors (Lipinski definition) is 7. The van der Waals surface area contributed by atoms with Crippen LogP contribution in [0.5, 0.6) is 0 Å². The second-order valence-electron chi connectivity index (χ2n) is 6.48. The molecule has 1 aromatic carbocycles. The molecule has 26 heavy (non-hydrogen) atoms. The van der Waals surface area contributed by atoms with Crippen LogP contribution in [0.15, 0.2) is 42.2 Å². The molecule has 0 radical (unpaired) electrons. The van der Waals surface area contributed by atoms with Crippen LogP contribution in [0.3, 0.4) is 0 Å². The molecule has 130 valence electrons. The van der Waals surface area contributed by atoms with E-state index in [1.165, 1.54) is 15.2 Å². The van der Waals surface area contributed by atoms with Crippen molar-refractivity contribution in [1.29, 1.82) is 0 Å². The van der Waals surface area contributed by atoms with Gasteiger partial charge in [-0.15, -0.1) is 22.7 Å². The predicted octanol–water partition coefficient (Wildman–Crippen LogP) is 4.94. The van der Waals surface area contributed by atoms with E-state index in [-0.39, 0.29) is 0 Å². The molecule has 0 spiro atoms. The van der Waals surface area contributed by atoms with Gasteiger partial charge >= 0.3 is 0 Å². The summed E-state index contributed by atoms with van der Waals surface area (Å²) < 4.78 is 1.18. The number of anilines is 2. The lowest BCUT2D eigenvalue weighted by molar-refractivity contribution is 0.615. The Hall–Kier alpha value is -2.35. The molecule has 5 nitrogen and oxygen atoms in total. The molecule has 0 fully saturated rings. The summed E-state index contributed by atoms with van der Waals surface area (Å²) in [6.07, 6.45) is 6.93. The topological polar surface area (TPSA) is 76.7 Å². The van der Waals surface area contributed by atoms with E-state index in [1.807, 2.05) is 5.51 Å². The zero-order chi connectivity index (χ0) is 17.5. The minimum absolute atomic E-state index is 0.297. The number of nitrogens with zero attached hydrogens (tertiary/aromatic N) is 3. The number of hydrogen-bond donors (Lipinski definition) is 2. The van der Waals surface area contributed by atoms with Crippen molar-refractivity contribution < 1.29 is 0 Å². The summed E-state index contributed by atoms with van der Waals surface area (Å²) in [7, 11) is 0. The summed E-state index contributed by atoms with van der Waals surface area (Å²) >= 11 is 3.37. The molecule has 0 saturated heterocycles. The highest BCUT2D eigenvalue weighted by Crippen LogP contribution is 2.37. The SMILES string of the molecule is NC1CC=C(c2cc3c(Nc4ccc5scnc5c4)ncnc3s2)CC1. The largest absolute Gasteiger partial charge is 0.340 e. The summed E-state index contributed by atoms with van der Waals surface area (Å²) in [5.74, 6) is 0.834. The van der Waals surface area contributed by atoms with Gasteiger partial charge in [0.05, 0.1) is 21.1 Å². The molecule has 7 heteroatoms. The summed E-state index contributed by atoms with van der Waals surface area (Å²) in [6, 6.07) is 8.70. The van der Waals surface area contributed by atoms with Gasteiger partial charge in [-0.3, -0.25) is 0 Å². The first-order valence-electron chi connectivity index (χ1n) is 8.56. The van der Waals surface area contributed by atoms with Gasteiger partial charge in [-0.2, -0.15) is 0 Å². The summed E-state index contributed by atoms with van der Waals surface area (Å²) in [5, 5.41) is 4.49. The molecule has 1 unspecified atom stereocenters. The number of allylic oxidation sites excluding steroid dienone is 1. The van der Waals surface area contributed by atoms with Crippen LogP contribution in [0.2, 0.25) is 0 Å². The maximum absolute atomic E-state index is 6.01. The second-order valence-corrected chi connectivity index (χ2v) is 8.39. The molecule has 5 rings (SSSR count). The van der Waals surface area contributed by atoms with Crippen molar-refractivity contribution in [3.63, 3.8) is 0 Å². The Balaban J connectivity index is 1.51. The molecule has 1 aliphatic carbocycles. The van der Waals surface area contributed by atoms with Crippen LogP contribution in [0.4, 0.5) is 11.5 Å². The average Bonchev–Trinajstić information content (AvgIpc) is 3.29. The van der Waals surface area contributed by atoms with E-state index < -0.39 is 0 Å². The molecule has 0 bridgehead atoms. The number of aromatic nitrogens is 3. The maximum atomic E-state index is 6.01. The van der Waals surface area contributed by atoms with Gasteiger partial charge in [-0.25, -0.2) is 15.0 Å². The van der Waals surface area contributed by atoms with E-state index >= 15 is 0 Å². The lowest BCUT2D eigenvalue weighted by atomic mass is 9.95. The Morgan fingerprint density at radius 2 is 2.12 bits per heavy atom. The first-order chi connectivity index (χ1) is 12.8. The van der Waals surface area contributed by atoms with Crippen molar-refractivity contribution in [1.82, 2.24) is 15.0 Å². The van der Waals surface area contributed by atoms with E-state index in [1.54, 1.807) is 29.0 Å². The number of thiophene rings is 1. The average molecular weight is 380 g/mol. The molecule has 3 N–H and O–H groups in total. The van der Waals surface area contributed by atoms with Crippen LogP contribution in [0.25, 0.3) is 26.0 Å². The fourth-order valence-corrected chi connectivity index (χ4v) is 4.99. The van der Waals surface area contributed by atoms with Crippen LogP contribution in [0, 0.1) is 0 Å². The van der Waals surface area contributed by atoms with Gasteiger partial charge in [-0.1, -0.05) is 6.08 Å². The quantitative estimate of drug-likeness (QED) is 0.527. The van der Waals surface area contributed by atoms with Gasteiger partial charge in [0, 0.05) is 16.6 Å². The van der Waals surface area contributed by atoms with E-state index in [4.69, 9.17) is 5.73 Å². The van der Waals surface area contributed by atoms with Crippen LogP contribution >= 0.6 is 22.7 Å². The Labute approximate surface area is 158 Å². The van der Waals surface area contributed by atoms with Crippen molar-refractivity contribution in [2.24, 2.45) is 5.73 Å². The lowest BCUT2D eigenvalue weighted by Crippen LogP contribution is -2.21. The molecule has 1 atom stereocenters. The number of fused-ring (bicyclic) bond motifs is 2. The monoisotopic (exact) mass is 379 g/mol. The molecular weight excluding hydrogens is 362 g/mol. The Kier molecular flexibility index (Phi) is 3.92. The Morgan fingerprint density at radius 1 is 1.15 bits per heavy atom. The molecule has 1 aliphatic rings. The first-order valence-corrected chi connectivity index (χ1v) is 10.3. The highest BCUT2D eigenvalue weighted by molar-refractivity contribution is 7.19. The van der Waals surface area contributed by atoms with Crippen molar-refractivity contribution in [2.75, 3.05) is 5.32 Å². The third kappa shape index (κ3) is 2.88. The smallest absolute Gasteiger partial charge is 0.142 e. The van der Waals surface area contributed by atoms with E-state index in [2.05, 4.69) is 50.6 Å². The summed E-state index contributed by atoms with van der Waals surface area (Å²) in [6.45, 7) is 0. The lowest BCUT2D eigenvalue weighted by Gasteiger charge is -2.16. The zero-order valence-corrected chi connectivity index (χ0v) is 15.6. The standard InChI is InChI=1S/C19H17N5S2/c20-12-3-1-11(2-4-12)17-8-14-18(21-9-22-19(14)26-17)24-13-5-6-16-15(7-13)23-10-25-16/h1,5-10,12H,2-4,20H2,(H,21,22,24). The molecule has 0 aliphatic heterocycles. The molecule has 4 aromatic rings. The molecule has 0 saturated carbocycles. The highest BCUT2D eigenvalue weighted by atomic mass is 32.1. The van der Waals surface area contributed by atoms with Gasteiger partial charge in [-0.05, 0) is 49.1 Å². The third-order valence-corrected chi connectivity index (χ3v) is 6.62. The van der Waals surface area contributed by atoms with E-state index in [9.17, 15) is 0 Å². The minimum Gasteiger partial charge on any atom is -0.340 e. The number of nitrogens with one attached hydrogen (secondary N) is 1. The summed E-state index contributed by atoms with van der Waals surface area (Å²) in [4.78, 5) is 15.6. The number of rotatable bonds is 3. The van der Waals surface area contributed by atoms with Crippen molar-refractivity contribution >= 4 is 60.2 Å². The zero-order valence-electron chi connectivity index (χ0n) is 14.0. The molecule has 3 heterocycles. The number of nitrogens with two attached hydrogens (primary N) is 1. The minimum atomic E-state index is 0.297. The van der Waals surface area contributed by atoms with E-state index in [0.717, 1.165) is 46.5 Å². The fourth-order valence-electron chi connectivity index (χ4n) is 3.26. The molecule has 0 amide bonds. The third-order valence-electron chi connectivity index (χ3n) is 4.69. The van der Waals surface area contributed by atoms with E-state index in [0.29, 0.717) is 6.04 Å². The van der Waals surface area contributed by atoms with Gasteiger partial charge in [0.15, 0.2) is 0 Å². The van der Waals surface area contributed by atoms with Crippen LogP contribution in [0.1, 0.15) is 24.1 Å². The van der Waals surface area contributed by atoms with Crippen LogP contribution in [-0.2, 0) is 0 Å². The first kappa shape index (κ1) is 15.9. The maximum Gasteiger partial charge on any atom is 0.142 e. The summed E-state index contributed by atoms with van der Waals surface area (Å²) in [5.41, 5.74) is 11.2. The van der Waals surface area contributed by atoms with Gasteiger partial charge in [0.25, 0.3) is 0 Å². The molecule has 3 aromatic heterocycles. The Bertz CT molecular complexity index is 1130. The highest BCUT2D eigenvalue weighted by Gasteiger charge is 2.16. The predicted molar refractivity (Wildman–Crippen MR) is 110 cm³/mol. The van der Waals surface area contributed by atoms with Crippen LogP contribution < -0.4 is 11.1 Å². The number of thiazole rings is 1. The van der Waals surface area contributed by atoms with Gasteiger partial charge < -0.3 is 11.1 Å². The Morgan fingerprint density at radius 3 is 3.00 bits per heavy atom. The normalized spacial score (nSPS) is 17.6. The molecular formula is C19H17N5S2. The second kappa shape index (κ2) is 6.42. The van der Waals surface area contributed by atoms with Gasteiger partial charge in [0.1, 0.15) is 17.0 Å². The van der Waals surface area contributed by atoms with Crippen molar-refractivity contribution in [2.45, 2.75) is 25.3 Å². The van der Waals surface area contributed by atoms with Crippen molar-refractivity contribution in [3.8, 4) is 0 Å². The number of benzene rings is 1. The van der Waals surface area contributed by atoms with Gasteiger partial charge in [0.2, 0.25) is 0 Å².